The molecule has 0 bridgehead atoms. The van der Waals surface area contributed by atoms with Crippen LogP contribution in [0.2, 0.25) is 0 Å². The molecule has 1 heterocycles. The molecule has 0 spiro atoms. The minimum Gasteiger partial charge on any atom is -0.489 e. The lowest BCUT2D eigenvalue weighted by molar-refractivity contribution is 0.201. The van der Waals surface area contributed by atoms with Crippen molar-refractivity contribution in [2.24, 2.45) is 0 Å². The predicted octanol–water partition coefficient (Wildman–Crippen LogP) is 4.04. The van der Waals surface area contributed by atoms with E-state index >= 15 is 0 Å². The number of thioether (sulfide) groups is 1. The Morgan fingerprint density at radius 3 is 2.88 bits per heavy atom. The smallest absolute Gasteiger partial charge is 0.318 e. The van der Waals surface area contributed by atoms with Gasteiger partial charge >= 0.3 is 6.03 Å². The third kappa shape index (κ3) is 4.03. The molecule has 1 atom stereocenters. The maximum atomic E-state index is 12.2. The molecule has 1 saturated heterocycles. The lowest BCUT2D eigenvalue weighted by Gasteiger charge is -2.24. The van der Waals surface area contributed by atoms with Gasteiger partial charge in [0.15, 0.2) is 0 Å². The van der Waals surface area contributed by atoms with Crippen molar-refractivity contribution in [2.75, 3.05) is 18.8 Å². The second kappa shape index (κ2) is 8.11. The summed E-state index contributed by atoms with van der Waals surface area (Å²) in [5, 5.41) is 2.94. The van der Waals surface area contributed by atoms with Gasteiger partial charge in [-0.05, 0) is 30.2 Å². The molecular formula is C19H22N2O2S. The minimum atomic E-state index is 0.00288. The van der Waals surface area contributed by atoms with Gasteiger partial charge in [0.25, 0.3) is 0 Å². The first kappa shape index (κ1) is 16.7. The van der Waals surface area contributed by atoms with Gasteiger partial charge in [-0.1, -0.05) is 42.5 Å². The number of carbonyl (C=O) groups is 1. The summed E-state index contributed by atoms with van der Waals surface area (Å²) in [5.74, 6) is 1.79. The largest absolute Gasteiger partial charge is 0.489 e. The summed E-state index contributed by atoms with van der Waals surface area (Å²) in [7, 11) is 0. The van der Waals surface area contributed by atoms with Gasteiger partial charge in [0.1, 0.15) is 17.7 Å². The second-order valence-corrected chi connectivity index (χ2v) is 6.79. The average Bonchev–Trinajstić information content (AvgIpc) is 3.11. The highest BCUT2D eigenvalue weighted by Gasteiger charge is 2.30. The van der Waals surface area contributed by atoms with E-state index in [0.717, 1.165) is 29.2 Å². The van der Waals surface area contributed by atoms with E-state index in [4.69, 9.17) is 4.74 Å². The predicted molar refractivity (Wildman–Crippen MR) is 98.2 cm³/mol. The molecule has 24 heavy (non-hydrogen) atoms. The standard InChI is InChI=1S/C19H22N2O2S/c1-2-20-19(22)21-11-12-24-18(21)16-9-6-10-17(13-16)23-14-15-7-4-3-5-8-15/h3-10,13,18H,2,11-12,14H2,1H3,(H,20,22)/t18-/m0/s1. The molecule has 2 aromatic rings. The Hall–Kier alpha value is -2.14. The van der Waals surface area contributed by atoms with Crippen LogP contribution in [-0.4, -0.2) is 29.8 Å². The molecule has 2 amide bonds. The molecule has 0 aromatic heterocycles. The topological polar surface area (TPSA) is 41.6 Å². The number of benzene rings is 2. The molecule has 0 unspecified atom stereocenters. The fourth-order valence-corrected chi connectivity index (χ4v) is 3.95. The zero-order valence-corrected chi connectivity index (χ0v) is 14.6. The Morgan fingerprint density at radius 2 is 2.08 bits per heavy atom. The fourth-order valence-electron chi connectivity index (χ4n) is 2.71. The van der Waals surface area contributed by atoms with Crippen molar-refractivity contribution in [1.29, 1.82) is 0 Å². The molecule has 0 aliphatic carbocycles. The maximum absolute atomic E-state index is 12.2. The van der Waals surface area contributed by atoms with E-state index in [1.807, 2.05) is 60.4 Å². The lowest BCUT2D eigenvalue weighted by Crippen LogP contribution is -2.39. The number of rotatable bonds is 5. The van der Waals surface area contributed by atoms with Crippen molar-refractivity contribution < 1.29 is 9.53 Å². The summed E-state index contributed by atoms with van der Waals surface area (Å²) in [5.41, 5.74) is 2.25. The summed E-state index contributed by atoms with van der Waals surface area (Å²) >= 11 is 1.79. The van der Waals surface area contributed by atoms with Crippen molar-refractivity contribution >= 4 is 17.8 Å². The van der Waals surface area contributed by atoms with Crippen molar-refractivity contribution in [2.45, 2.75) is 18.9 Å². The van der Waals surface area contributed by atoms with E-state index < -0.39 is 0 Å². The van der Waals surface area contributed by atoms with Crippen molar-refractivity contribution in [3.63, 3.8) is 0 Å². The summed E-state index contributed by atoms with van der Waals surface area (Å²) in [6.45, 7) is 3.90. The number of ether oxygens (including phenoxy) is 1. The molecule has 1 aliphatic rings. The Balaban J connectivity index is 1.69. The number of hydrogen-bond donors (Lipinski definition) is 1. The van der Waals surface area contributed by atoms with E-state index in [1.165, 1.54) is 0 Å². The molecule has 126 valence electrons. The third-order valence-corrected chi connectivity index (χ3v) is 5.13. The highest BCUT2D eigenvalue weighted by atomic mass is 32.2. The van der Waals surface area contributed by atoms with E-state index in [1.54, 1.807) is 11.8 Å². The van der Waals surface area contributed by atoms with Gasteiger partial charge in [-0.3, -0.25) is 0 Å². The van der Waals surface area contributed by atoms with Crippen LogP contribution in [0.25, 0.3) is 0 Å². The molecule has 5 heteroatoms. The van der Waals surface area contributed by atoms with Crippen LogP contribution in [0.5, 0.6) is 5.75 Å². The number of urea groups is 1. The quantitative estimate of drug-likeness (QED) is 0.891. The monoisotopic (exact) mass is 342 g/mol. The lowest BCUT2D eigenvalue weighted by atomic mass is 10.2. The third-order valence-electron chi connectivity index (χ3n) is 3.87. The zero-order chi connectivity index (χ0) is 16.8. The second-order valence-electron chi connectivity index (χ2n) is 5.60. The first-order valence-electron chi connectivity index (χ1n) is 8.20. The highest BCUT2D eigenvalue weighted by molar-refractivity contribution is 7.99. The molecule has 0 radical (unpaired) electrons. The van der Waals surface area contributed by atoms with Crippen LogP contribution in [-0.2, 0) is 6.61 Å². The van der Waals surface area contributed by atoms with E-state index in [-0.39, 0.29) is 11.4 Å². The van der Waals surface area contributed by atoms with Crippen LogP contribution >= 0.6 is 11.8 Å². The number of hydrogen-bond acceptors (Lipinski definition) is 3. The first-order chi connectivity index (χ1) is 11.8. The first-order valence-corrected chi connectivity index (χ1v) is 9.25. The van der Waals surface area contributed by atoms with Crippen LogP contribution in [0.15, 0.2) is 54.6 Å². The van der Waals surface area contributed by atoms with E-state index in [2.05, 4.69) is 11.4 Å². The summed E-state index contributed by atoms with van der Waals surface area (Å²) < 4.78 is 5.91. The number of nitrogens with zero attached hydrogens (tertiary/aromatic N) is 1. The number of nitrogens with one attached hydrogen (secondary N) is 1. The van der Waals surface area contributed by atoms with Crippen molar-refractivity contribution in [3.8, 4) is 5.75 Å². The molecule has 1 N–H and O–H groups in total. The van der Waals surface area contributed by atoms with Gasteiger partial charge in [0.2, 0.25) is 0 Å². The fraction of sp³-hybridized carbons (Fsp3) is 0.316. The minimum absolute atomic E-state index is 0.00288. The molecule has 1 aliphatic heterocycles. The van der Waals surface area contributed by atoms with Gasteiger partial charge in [-0.2, -0.15) is 0 Å². The summed E-state index contributed by atoms with van der Waals surface area (Å²) in [4.78, 5) is 14.1. The Labute approximate surface area is 147 Å². The van der Waals surface area contributed by atoms with Crippen LogP contribution in [0.1, 0.15) is 23.4 Å². The zero-order valence-electron chi connectivity index (χ0n) is 13.8. The van der Waals surface area contributed by atoms with Gasteiger partial charge in [0.05, 0.1) is 0 Å². The number of carbonyl (C=O) groups excluding carboxylic acids is 1. The van der Waals surface area contributed by atoms with Crippen LogP contribution in [0, 0.1) is 0 Å². The summed E-state index contributed by atoms with van der Waals surface area (Å²) in [6, 6.07) is 18.2. The highest BCUT2D eigenvalue weighted by Crippen LogP contribution is 2.38. The van der Waals surface area contributed by atoms with Gasteiger partial charge in [0, 0.05) is 18.8 Å². The van der Waals surface area contributed by atoms with E-state index in [9.17, 15) is 4.79 Å². The molecule has 1 fully saturated rings. The van der Waals surface area contributed by atoms with E-state index in [0.29, 0.717) is 13.2 Å². The van der Waals surface area contributed by atoms with Crippen molar-refractivity contribution in [3.05, 3.63) is 65.7 Å². The van der Waals surface area contributed by atoms with Crippen LogP contribution in [0.3, 0.4) is 0 Å². The Bertz CT molecular complexity index is 678. The Morgan fingerprint density at radius 1 is 1.25 bits per heavy atom. The van der Waals surface area contributed by atoms with Crippen molar-refractivity contribution in [1.82, 2.24) is 10.2 Å². The molecule has 4 nitrogen and oxygen atoms in total. The maximum Gasteiger partial charge on any atom is 0.318 e. The molecule has 2 aromatic carbocycles. The molecule has 0 saturated carbocycles. The molecular weight excluding hydrogens is 320 g/mol. The Kier molecular flexibility index (Phi) is 5.64. The average molecular weight is 342 g/mol. The van der Waals surface area contributed by atoms with Crippen LogP contribution < -0.4 is 10.1 Å². The van der Waals surface area contributed by atoms with Gasteiger partial charge < -0.3 is 15.0 Å². The SMILES string of the molecule is CCNC(=O)N1CCS[C@H]1c1cccc(OCc2ccccc2)c1. The normalized spacial score (nSPS) is 16.9. The summed E-state index contributed by atoms with van der Waals surface area (Å²) in [6.07, 6.45) is 0. The van der Waals surface area contributed by atoms with Gasteiger partial charge in [-0.25, -0.2) is 4.79 Å². The van der Waals surface area contributed by atoms with Gasteiger partial charge in [-0.15, -0.1) is 11.8 Å². The van der Waals surface area contributed by atoms with Crippen LogP contribution in [0.4, 0.5) is 4.79 Å². The molecule has 3 rings (SSSR count). The number of amides is 2.